The summed E-state index contributed by atoms with van der Waals surface area (Å²) in [5.74, 6) is -0.836. The Hall–Kier alpha value is -2.23. The lowest BCUT2D eigenvalue weighted by molar-refractivity contribution is -0.141. The average Bonchev–Trinajstić information content (AvgIpc) is 2.38. The van der Waals surface area contributed by atoms with Crippen molar-refractivity contribution in [2.45, 2.75) is 13.3 Å². The third-order valence-corrected chi connectivity index (χ3v) is 2.49. The molecule has 0 aliphatic rings. The fourth-order valence-electron chi connectivity index (χ4n) is 1.66. The van der Waals surface area contributed by atoms with Crippen LogP contribution in [0.15, 0.2) is 36.4 Å². The number of ketones is 1. The van der Waals surface area contributed by atoms with Gasteiger partial charge in [0.25, 0.3) is 0 Å². The number of aromatic nitrogens is 1. The number of carbonyl (C=O) groups excluding carboxylic acids is 2. The highest BCUT2D eigenvalue weighted by molar-refractivity contribution is 6.05. The van der Waals surface area contributed by atoms with Crippen molar-refractivity contribution in [2.24, 2.45) is 0 Å². The number of rotatable bonds is 4. The van der Waals surface area contributed by atoms with E-state index in [0.29, 0.717) is 5.69 Å². The van der Waals surface area contributed by atoms with Crippen molar-refractivity contribution in [2.75, 3.05) is 6.61 Å². The first kappa shape index (κ1) is 12.2. The Morgan fingerprint density at radius 3 is 2.72 bits per heavy atom. The van der Waals surface area contributed by atoms with E-state index in [0.717, 1.165) is 10.9 Å². The predicted molar refractivity (Wildman–Crippen MR) is 67.3 cm³/mol. The van der Waals surface area contributed by atoms with E-state index in [1.807, 2.05) is 30.3 Å². The zero-order valence-electron chi connectivity index (χ0n) is 10.1. The Labute approximate surface area is 105 Å². The van der Waals surface area contributed by atoms with E-state index in [1.54, 1.807) is 13.0 Å². The summed E-state index contributed by atoms with van der Waals surface area (Å²) in [6.07, 6.45) is -0.265. The highest BCUT2D eigenvalue weighted by atomic mass is 16.5. The zero-order chi connectivity index (χ0) is 13.0. The Kier molecular flexibility index (Phi) is 3.67. The van der Waals surface area contributed by atoms with Crippen LogP contribution in [0.3, 0.4) is 0 Å². The molecule has 2 aromatic rings. The molecular formula is C14H13NO3. The summed E-state index contributed by atoms with van der Waals surface area (Å²) in [6.45, 7) is 1.98. The molecule has 0 amide bonds. The number of benzene rings is 1. The second kappa shape index (κ2) is 5.40. The third kappa shape index (κ3) is 2.71. The van der Waals surface area contributed by atoms with E-state index in [-0.39, 0.29) is 18.8 Å². The first-order valence-corrected chi connectivity index (χ1v) is 5.75. The SMILES string of the molecule is CCOC(=O)CC(=O)c1ccc2ccccc2n1. The van der Waals surface area contributed by atoms with E-state index in [1.165, 1.54) is 0 Å². The number of ether oxygens (including phenoxy) is 1. The molecule has 0 radical (unpaired) electrons. The van der Waals surface area contributed by atoms with Crippen molar-refractivity contribution in [1.82, 2.24) is 4.98 Å². The first-order chi connectivity index (χ1) is 8.70. The molecule has 0 aliphatic carbocycles. The average molecular weight is 243 g/mol. The maximum Gasteiger partial charge on any atom is 0.313 e. The van der Waals surface area contributed by atoms with Crippen LogP contribution in [0.1, 0.15) is 23.8 Å². The Morgan fingerprint density at radius 1 is 1.17 bits per heavy atom. The van der Waals surface area contributed by atoms with Crippen molar-refractivity contribution >= 4 is 22.7 Å². The van der Waals surface area contributed by atoms with Gasteiger partial charge in [-0.1, -0.05) is 24.3 Å². The monoisotopic (exact) mass is 243 g/mol. The Morgan fingerprint density at radius 2 is 1.94 bits per heavy atom. The maximum atomic E-state index is 11.8. The van der Waals surface area contributed by atoms with Gasteiger partial charge in [0.15, 0.2) is 5.78 Å². The molecule has 0 saturated carbocycles. The predicted octanol–water partition coefficient (Wildman–Crippen LogP) is 2.37. The third-order valence-electron chi connectivity index (χ3n) is 2.49. The highest BCUT2D eigenvalue weighted by Gasteiger charge is 2.14. The topological polar surface area (TPSA) is 56.3 Å². The molecule has 92 valence electrons. The number of fused-ring (bicyclic) bond motifs is 1. The van der Waals surface area contributed by atoms with E-state index >= 15 is 0 Å². The Balaban J connectivity index is 2.20. The molecule has 0 aliphatic heterocycles. The van der Waals surface area contributed by atoms with E-state index in [2.05, 4.69) is 4.98 Å². The molecule has 1 heterocycles. The van der Waals surface area contributed by atoms with E-state index in [9.17, 15) is 9.59 Å². The van der Waals surface area contributed by atoms with Crippen LogP contribution in [0.5, 0.6) is 0 Å². The van der Waals surface area contributed by atoms with Crippen LogP contribution < -0.4 is 0 Å². The summed E-state index contributed by atoms with van der Waals surface area (Å²) in [7, 11) is 0. The summed E-state index contributed by atoms with van der Waals surface area (Å²) in [5.41, 5.74) is 1.04. The molecule has 18 heavy (non-hydrogen) atoms. The Bertz CT molecular complexity index is 592. The molecule has 0 fully saturated rings. The van der Waals surface area contributed by atoms with Crippen LogP contribution >= 0.6 is 0 Å². The van der Waals surface area contributed by atoms with Gasteiger partial charge in [-0.2, -0.15) is 0 Å². The van der Waals surface area contributed by atoms with Gasteiger partial charge in [0.1, 0.15) is 12.1 Å². The molecule has 0 spiro atoms. The van der Waals surface area contributed by atoms with Crippen molar-refractivity contribution < 1.29 is 14.3 Å². The van der Waals surface area contributed by atoms with Crippen LogP contribution in [0.25, 0.3) is 10.9 Å². The van der Waals surface area contributed by atoms with Gasteiger partial charge in [0.2, 0.25) is 0 Å². The van der Waals surface area contributed by atoms with Crippen LogP contribution in [0, 0.1) is 0 Å². The number of Topliss-reactive ketones (excluding diaryl/α,β-unsaturated/α-hetero) is 1. The van der Waals surface area contributed by atoms with Crippen molar-refractivity contribution in [1.29, 1.82) is 0 Å². The highest BCUT2D eigenvalue weighted by Crippen LogP contribution is 2.12. The smallest absolute Gasteiger partial charge is 0.313 e. The van der Waals surface area contributed by atoms with Crippen LogP contribution in [0.2, 0.25) is 0 Å². The van der Waals surface area contributed by atoms with Gasteiger partial charge in [-0.05, 0) is 19.1 Å². The second-order valence-electron chi connectivity index (χ2n) is 3.79. The van der Waals surface area contributed by atoms with Crippen molar-refractivity contribution in [3.05, 3.63) is 42.1 Å². The quantitative estimate of drug-likeness (QED) is 0.470. The summed E-state index contributed by atoms with van der Waals surface area (Å²) >= 11 is 0. The minimum absolute atomic E-state index is 0.265. The standard InChI is InChI=1S/C14H13NO3/c1-2-18-14(17)9-13(16)12-8-7-10-5-3-4-6-11(10)15-12/h3-8H,2,9H2,1H3. The molecule has 1 aromatic carbocycles. The van der Waals surface area contributed by atoms with Gasteiger partial charge >= 0.3 is 5.97 Å². The zero-order valence-corrected chi connectivity index (χ0v) is 10.1. The number of hydrogen-bond acceptors (Lipinski definition) is 4. The van der Waals surface area contributed by atoms with Crippen LogP contribution in [0.4, 0.5) is 0 Å². The summed E-state index contributed by atoms with van der Waals surface area (Å²) < 4.78 is 4.73. The van der Waals surface area contributed by atoms with E-state index < -0.39 is 5.97 Å². The number of esters is 1. The van der Waals surface area contributed by atoms with Crippen LogP contribution in [-0.2, 0) is 9.53 Å². The summed E-state index contributed by atoms with van der Waals surface area (Å²) in [5, 5.41) is 0.963. The number of carbonyl (C=O) groups is 2. The largest absolute Gasteiger partial charge is 0.466 e. The van der Waals surface area contributed by atoms with Crippen molar-refractivity contribution in [3.63, 3.8) is 0 Å². The lowest BCUT2D eigenvalue weighted by Crippen LogP contribution is -2.12. The van der Waals surface area contributed by atoms with Gasteiger partial charge in [-0.15, -0.1) is 0 Å². The number of hydrogen-bond donors (Lipinski definition) is 0. The summed E-state index contributed by atoms with van der Waals surface area (Å²) in [6, 6.07) is 11.0. The van der Waals surface area contributed by atoms with Gasteiger partial charge < -0.3 is 4.74 Å². The lowest BCUT2D eigenvalue weighted by atomic mass is 10.1. The molecule has 2 rings (SSSR count). The minimum atomic E-state index is -0.516. The molecule has 0 saturated heterocycles. The molecule has 0 bridgehead atoms. The number of para-hydroxylation sites is 1. The first-order valence-electron chi connectivity index (χ1n) is 5.75. The van der Waals surface area contributed by atoms with Gasteiger partial charge in [-0.3, -0.25) is 9.59 Å². The molecule has 4 heteroatoms. The minimum Gasteiger partial charge on any atom is -0.466 e. The summed E-state index contributed by atoms with van der Waals surface area (Å²) in [4.78, 5) is 27.3. The number of pyridine rings is 1. The second-order valence-corrected chi connectivity index (χ2v) is 3.79. The molecule has 0 N–H and O–H groups in total. The van der Waals surface area contributed by atoms with Gasteiger partial charge in [0.05, 0.1) is 12.1 Å². The molecule has 4 nitrogen and oxygen atoms in total. The van der Waals surface area contributed by atoms with Crippen LogP contribution in [-0.4, -0.2) is 23.3 Å². The van der Waals surface area contributed by atoms with E-state index in [4.69, 9.17) is 4.74 Å². The fourth-order valence-corrected chi connectivity index (χ4v) is 1.66. The fraction of sp³-hybridized carbons (Fsp3) is 0.214. The molecule has 0 atom stereocenters. The normalized spacial score (nSPS) is 10.3. The van der Waals surface area contributed by atoms with Gasteiger partial charge in [0, 0.05) is 5.39 Å². The van der Waals surface area contributed by atoms with Gasteiger partial charge in [-0.25, -0.2) is 4.98 Å². The number of nitrogens with zero attached hydrogens (tertiary/aromatic N) is 1. The maximum absolute atomic E-state index is 11.8. The molecule has 0 unspecified atom stereocenters. The lowest BCUT2D eigenvalue weighted by Gasteiger charge is -2.02. The van der Waals surface area contributed by atoms with Crippen molar-refractivity contribution in [3.8, 4) is 0 Å². The molecule has 1 aromatic heterocycles. The molecular weight excluding hydrogens is 230 g/mol.